The first-order valence-electron chi connectivity index (χ1n) is 10.3. The number of ether oxygens (including phenoxy) is 1. The van der Waals surface area contributed by atoms with E-state index in [-0.39, 0.29) is 11.7 Å². The Kier molecular flexibility index (Phi) is 5.85. The molecule has 0 aliphatic carbocycles. The lowest BCUT2D eigenvalue weighted by molar-refractivity contribution is 0.0787. The van der Waals surface area contributed by atoms with Gasteiger partial charge in [0.05, 0.1) is 13.7 Å². The molecule has 0 radical (unpaired) electrons. The van der Waals surface area contributed by atoms with Crippen LogP contribution >= 0.6 is 0 Å². The number of amides is 1. The van der Waals surface area contributed by atoms with Crippen LogP contribution in [0, 0.1) is 0 Å². The zero-order valence-electron chi connectivity index (χ0n) is 16.9. The molecule has 154 valence electrons. The standard InChI is InChI=1S/C22H28N4O3/c1-29-19-6-4-18(5-7-19)25-12-10-24(11-13-25)16-21(27)17-14-20(23-15-17)22(28)26-8-2-3-9-26/h4-7,14-15,23H,2-3,8-13,16H2,1H3. The maximum absolute atomic E-state index is 12.7. The normalized spacial score (nSPS) is 17.6. The SMILES string of the molecule is COc1ccc(N2CCN(CC(=O)c3c[nH]c(C(=O)N4CCCC4)c3)CC2)cc1. The summed E-state index contributed by atoms with van der Waals surface area (Å²) in [4.78, 5) is 34.5. The van der Waals surface area contributed by atoms with Crippen molar-refractivity contribution < 1.29 is 14.3 Å². The van der Waals surface area contributed by atoms with Gasteiger partial charge in [0.25, 0.3) is 5.91 Å². The summed E-state index contributed by atoms with van der Waals surface area (Å²) in [7, 11) is 1.67. The molecule has 1 aromatic heterocycles. The predicted octanol–water partition coefficient (Wildman–Crippen LogP) is 2.26. The third kappa shape index (κ3) is 4.45. The number of hydrogen-bond acceptors (Lipinski definition) is 5. The Balaban J connectivity index is 1.29. The van der Waals surface area contributed by atoms with E-state index in [1.807, 2.05) is 17.0 Å². The van der Waals surface area contributed by atoms with Gasteiger partial charge < -0.3 is 19.5 Å². The minimum absolute atomic E-state index is 0.00495. The molecule has 4 rings (SSSR count). The van der Waals surface area contributed by atoms with Crippen LogP contribution in [-0.2, 0) is 0 Å². The largest absolute Gasteiger partial charge is 0.497 e. The van der Waals surface area contributed by atoms with Crippen molar-refractivity contribution in [3.8, 4) is 5.75 Å². The summed E-state index contributed by atoms with van der Waals surface area (Å²) in [5, 5.41) is 0. The Labute approximate surface area is 171 Å². The molecule has 2 saturated heterocycles. The second-order valence-electron chi connectivity index (χ2n) is 7.69. The Hall–Kier alpha value is -2.80. The second kappa shape index (κ2) is 8.69. The van der Waals surface area contributed by atoms with E-state index in [0.29, 0.717) is 17.8 Å². The number of piperazine rings is 1. The van der Waals surface area contributed by atoms with Gasteiger partial charge in [0.15, 0.2) is 5.78 Å². The number of benzene rings is 1. The molecular weight excluding hydrogens is 368 g/mol. The molecule has 1 aromatic carbocycles. The molecule has 0 saturated carbocycles. The van der Waals surface area contributed by atoms with Crippen molar-refractivity contribution in [2.24, 2.45) is 0 Å². The van der Waals surface area contributed by atoms with Gasteiger partial charge in [-0.15, -0.1) is 0 Å². The number of carbonyl (C=O) groups is 2. The molecule has 2 aliphatic rings. The van der Waals surface area contributed by atoms with Gasteiger partial charge in [-0.1, -0.05) is 0 Å². The fraction of sp³-hybridized carbons (Fsp3) is 0.455. The van der Waals surface area contributed by atoms with Crippen molar-refractivity contribution in [3.63, 3.8) is 0 Å². The van der Waals surface area contributed by atoms with Gasteiger partial charge in [0, 0.05) is 56.7 Å². The van der Waals surface area contributed by atoms with Crippen molar-refractivity contribution in [3.05, 3.63) is 47.8 Å². The molecule has 2 aromatic rings. The fourth-order valence-corrected chi connectivity index (χ4v) is 4.02. The number of aromatic nitrogens is 1. The predicted molar refractivity (Wildman–Crippen MR) is 112 cm³/mol. The number of anilines is 1. The zero-order chi connectivity index (χ0) is 20.2. The Morgan fingerprint density at radius 2 is 1.69 bits per heavy atom. The first-order valence-corrected chi connectivity index (χ1v) is 10.3. The van der Waals surface area contributed by atoms with E-state index in [1.165, 1.54) is 5.69 Å². The number of rotatable bonds is 6. The number of methoxy groups -OCH3 is 1. The lowest BCUT2D eigenvalue weighted by atomic mass is 10.1. The summed E-state index contributed by atoms with van der Waals surface area (Å²) in [6, 6.07) is 9.78. The summed E-state index contributed by atoms with van der Waals surface area (Å²) >= 11 is 0. The van der Waals surface area contributed by atoms with Crippen LogP contribution < -0.4 is 9.64 Å². The smallest absolute Gasteiger partial charge is 0.270 e. The number of ketones is 1. The minimum atomic E-state index is -0.00495. The maximum atomic E-state index is 12.7. The lowest BCUT2D eigenvalue weighted by Gasteiger charge is -2.35. The second-order valence-corrected chi connectivity index (χ2v) is 7.69. The molecule has 0 bridgehead atoms. The number of nitrogens with one attached hydrogen (secondary N) is 1. The number of Topliss-reactive ketones (excluding diaryl/α,β-unsaturated/α-hetero) is 1. The molecule has 0 atom stereocenters. The molecule has 2 aliphatic heterocycles. The van der Waals surface area contributed by atoms with Gasteiger partial charge in [-0.2, -0.15) is 0 Å². The van der Waals surface area contributed by atoms with Crippen molar-refractivity contribution in [2.45, 2.75) is 12.8 Å². The molecule has 3 heterocycles. The maximum Gasteiger partial charge on any atom is 0.270 e. The monoisotopic (exact) mass is 396 g/mol. The number of hydrogen-bond donors (Lipinski definition) is 1. The summed E-state index contributed by atoms with van der Waals surface area (Å²) < 4.78 is 5.21. The van der Waals surface area contributed by atoms with Crippen molar-refractivity contribution in [1.82, 2.24) is 14.8 Å². The van der Waals surface area contributed by atoms with Gasteiger partial charge >= 0.3 is 0 Å². The van der Waals surface area contributed by atoms with E-state index in [4.69, 9.17) is 4.74 Å². The topological polar surface area (TPSA) is 68.9 Å². The van der Waals surface area contributed by atoms with Crippen LogP contribution in [0.2, 0.25) is 0 Å². The van der Waals surface area contributed by atoms with E-state index in [2.05, 4.69) is 26.9 Å². The third-order valence-corrected chi connectivity index (χ3v) is 5.81. The van der Waals surface area contributed by atoms with Crippen LogP contribution in [0.4, 0.5) is 5.69 Å². The highest BCUT2D eigenvalue weighted by atomic mass is 16.5. The van der Waals surface area contributed by atoms with Gasteiger partial charge in [-0.05, 0) is 43.2 Å². The number of nitrogens with zero attached hydrogens (tertiary/aromatic N) is 3. The van der Waals surface area contributed by atoms with E-state index in [0.717, 1.165) is 57.9 Å². The molecule has 7 heteroatoms. The Morgan fingerprint density at radius 1 is 1.00 bits per heavy atom. The first kappa shape index (κ1) is 19.5. The molecule has 0 spiro atoms. The molecule has 2 fully saturated rings. The van der Waals surface area contributed by atoms with E-state index >= 15 is 0 Å². The van der Waals surface area contributed by atoms with E-state index in [1.54, 1.807) is 19.4 Å². The summed E-state index contributed by atoms with van der Waals surface area (Å²) in [6.45, 7) is 5.42. The number of aromatic amines is 1. The first-order chi connectivity index (χ1) is 14.1. The van der Waals surface area contributed by atoms with Crippen molar-refractivity contribution >= 4 is 17.4 Å². The Bertz CT molecular complexity index is 847. The van der Waals surface area contributed by atoms with Gasteiger partial charge in [-0.25, -0.2) is 0 Å². The van der Waals surface area contributed by atoms with Gasteiger partial charge in [0.2, 0.25) is 0 Å². The molecule has 1 N–H and O–H groups in total. The molecule has 0 unspecified atom stereocenters. The molecular formula is C22H28N4O3. The number of carbonyl (C=O) groups excluding carboxylic acids is 2. The van der Waals surface area contributed by atoms with E-state index in [9.17, 15) is 9.59 Å². The highest BCUT2D eigenvalue weighted by Gasteiger charge is 2.23. The summed E-state index contributed by atoms with van der Waals surface area (Å²) in [6.07, 6.45) is 3.78. The van der Waals surface area contributed by atoms with Crippen LogP contribution in [0.5, 0.6) is 5.75 Å². The Morgan fingerprint density at radius 3 is 2.34 bits per heavy atom. The quantitative estimate of drug-likeness (QED) is 0.759. The van der Waals surface area contributed by atoms with Crippen LogP contribution in [0.25, 0.3) is 0 Å². The molecule has 1 amide bonds. The average Bonchev–Trinajstić information content (AvgIpc) is 3.46. The highest BCUT2D eigenvalue weighted by Crippen LogP contribution is 2.21. The summed E-state index contributed by atoms with van der Waals surface area (Å²) in [5.74, 6) is 0.904. The van der Waals surface area contributed by atoms with Gasteiger partial charge in [0.1, 0.15) is 11.4 Å². The van der Waals surface area contributed by atoms with Crippen molar-refractivity contribution in [2.75, 3.05) is 57.8 Å². The van der Waals surface area contributed by atoms with Gasteiger partial charge in [-0.3, -0.25) is 14.5 Å². The summed E-state index contributed by atoms with van der Waals surface area (Å²) in [5.41, 5.74) is 2.28. The van der Waals surface area contributed by atoms with E-state index < -0.39 is 0 Å². The number of likely N-dealkylation sites (tertiary alicyclic amines) is 1. The van der Waals surface area contributed by atoms with Crippen LogP contribution in [0.15, 0.2) is 36.5 Å². The van der Waals surface area contributed by atoms with Crippen molar-refractivity contribution in [1.29, 1.82) is 0 Å². The van der Waals surface area contributed by atoms with Crippen LogP contribution in [0.1, 0.15) is 33.7 Å². The third-order valence-electron chi connectivity index (χ3n) is 5.81. The fourth-order valence-electron chi connectivity index (χ4n) is 4.02. The zero-order valence-corrected chi connectivity index (χ0v) is 16.9. The molecule has 7 nitrogen and oxygen atoms in total. The lowest BCUT2D eigenvalue weighted by Crippen LogP contribution is -2.48. The van der Waals surface area contributed by atoms with Crippen LogP contribution in [0.3, 0.4) is 0 Å². The van der Waals surface area contributed by atoms with Crippen LogP contribution in [-0.4, -0.2) is 79.4 Å². The molecule has 29 heavy (non-hydrogen) atoms. The minimum Gasteiger partial charge on any atom is -0.497 e. The average molecular weight is 396 g/mol. The highest BCUT2D eigenvalue weighted by molar-refractivity contribution is 6.01. The number of H-pyrrole nitrogens is 1.